The maximum absolute atomic E-state index is 2.82. The molecule has 2 aromatic rings. The molecule has 1 heteroatoms. The molecule has 4 bridgehead atoms. The highest BCUT2D eigenvalue weighted by molar-refractivity contribution is 5.50. The van der Waals surface area contributed by atoms with Gasteiger partial charge in [-0.25, -0.2) is 0 Å². The van der Waals surface area contributed by atoms with Gasteiger partial charge in [0.2, 0.25) is 0 Å². The Morgan fingerprint density at radius 2 is 1.07 bits per heavy atom. The molecule has 1 nitrogen and oxygen atoms in total. The molecular weight excluding hydrogens is 350 g/mol. The van der Waals surface area contributed by atoms with Crippen LogP contribution in [0.2, 0.25) is 0 Å². The molecular formula is C28H33N. The first-order valence-electron chi connectivity index (χ1n) is 11.5. The third kappa shape index (κ3) is 4.26. The number of rotatable bonds is 7. The Morgan fingerprint density at radius 1 is 0.655 bits per heavy atom. The molecule has 2 aromatic carbocycles. The quantitative estimate of drug-likeness (QED) is 0.515. The molecule has 0 unspecified atom stereocenters. The number of hydrogen-bond acceptors (Lipinski definition) is 1. The molecule has 29 heavy (non-hydrogen) atoms. The van der Waals surface area contributed by atoms with Crippen molar-refractivity contribution in [1.29, 1.82) is 0 Å². The van der Waals surface area contributed by atoms with Crippen LogP contribution >= 0.6 is 0 Å². The number of hydrogen-bond donors (Lipinski definition) is 0. The molecule has 0 N–H and O–H groups in total. The average molecular weight is 384 g/mol. The Bertz CT molecular complexity index is 762. The van der Waals surface area contributed by atoms with Gasteiger partial charge in [-0.2, -0.15) is 0 Å². The molecule has 4 fully saturated rings. The minimum absolute atomic E-state index is 0.441. The van der Waals surface area contributed by atoms with E-state index in [9.17, 15) is 0 Å². The lowest BCUT2D eigenvalue weighted by Crippen LogP contribution is -2.60. The van der Waals surface area contributed by atoms with Gasteiger partial charge in [0, 0.05) is 18.6 Å². The van der Waals surface area contributed by atoms with Gasteiger partial charge >= 0.3 is 0 Å². The Balaban J connectivity index is 1.34. The van der Waals surface area contributed by atoms with E-state index in [0.717, 1.165) is 30.8 Å². The molecule has 0 aliphatic heterocycles. The van der Waals surface area contributed by atoms with Crippen molar-refractivity contribution in [2.75, 3.05) is 13.1 Å². The van der Waals surface area contributed by atoms with E-state index in [1.54, 1.807) is 0 Å². The molecule has 0 saturated heterocycles. The van der Waals surface area contributed by atoms with Gasteiger partial charge in [0.1, 0.15) is 0 Å². The van der Waals surface area contributed by atoms with Crippen LogP contribution in [0.1, 0.15) is 49.7 Å². The van der Waals surface area contributed by atoms with Gasteiger partial charge in [-0.15, -0.1) is 0 Å². The van der Waals surface area contributed by atoms with Crippen LogP contribution in [-0.2, 0) is 0 Å². The smallest absolute Gasteiger partial charge is 0.0224 e. The van der Waals surface area contributed by atoms with Gasteiger partial charge in [0.05, 0.1) is 0 Å². The highest BCUT2D eigenvalue weighted by Crippen LogP contribution is 2.57. The van der Waals surface area contributed by atoms with Crippen molar-refractivity contribution >= 4 is 12.2 Å². The fraction of sp³-hybridized carbons (Fsp3) is 0.429. The summed E-state index contributed by atoms with van der Waals surface area (Å²) in [5, 5.41) is 0. The molecule has 0 spiro atoms. The fourth-order valence-corrected chi connectivity index (χ4v) is 6.67. The summed E-state index contributed by atoms with van der Waals surface area (Å²) in [5.74, 6) is 2.96. The molecule has 6 rings (SSSR count). The summed E-state index contributed by atoms with van der Waals surface area (Å²) in [6.07, 6.45) is 18.2. The zero-order chi connectivity index (χ0) is 19.5. The van der Waals surface area contributed by atoms with Gasteiger partial charge in [-0.1, -0.05) is 85.0 Å². The summed E-state index contributed by atoms with van der Waals surface area (Å²) in [6, 6.07) is 21.5. The summed E-state index contributed by atoms with van der Waals surface area (Å²) in [4.78, 5) is 2.82. The Morgan fingerprint density at radius 3 is 1.48 bits per heavy atom. The first-order chi connectivity index (χ1) is 14.3. The monoisotopic (exact) mass is 383 g/mol. The first kappa shape index (κ1) is 18.9. The maximum Gasteiger partial charge on any atom is 0.0224 e. The molecule has 4 aliphatic rings. The van der Waals surface area contributed by atoms with E-state index in [1.807, 2.05) is 0 Å². The van der Waals surface area contributed by atoms with Crippen LogP contribution in [0.3, 0.4) is 0 Å². The van der Waals surface area contributed by atoms with Gasteiger partial charge < -0.3 is 0 Å². The predicted octanol–water partition coefficient (Wildman–Crippen LogP) is 6.68. The lowest BCUT2D eigenvalue weighted by atomic mass is 9.52. The third-order valence-corrected chi connectivity index (χ3v) is 7.55. The summed E-state index contributed by atoms with van der Waals surface area (Å²) < 4.78 is 0. The topological polar surface area (TPSA) is 3.24 Å². The van der Waals surface area contributed by atoms with E-state index in [0.29, 0.717) is 5.54 Å². The minimum Gasteiger partial charge on any atom is -0.290 e. The molecule has 0 atom stereocenters. The van der Waals surface area contributed by atoms with Gasteiger partial charge in [0.25, 0.3) is 0 Å². The summed E-state index contributed by atoms with van der Waals surface area (Å²) in [7, 11) is 0. The Kier molecular flexibility index (Phi) is 5.42. The van der Waals surface area contributed by atoms with Crippen LogP contribution in [0.25, 0.3) is 12.2 Å². The summed E-state index contributed by atoms with van der Waals surface area (Å²) in [6.45, 7) is 2.11. The second kappa shape index (κ2) is 8.32. The van der Waals surface area contributed by atoms with Crippen molar-refractivity contribution in [2.45, 2.75) is 44.1 Å². The van der Waals surface area contributed by atoms with Crippen molar-refractivity contribution in [3.8, 4) is 0 Å². The normalized spacial score (nSPS) is 30.7. The van der Waals surface area contributed by atoms with Crippen molar-refractivity contribution in [2.24, 2.45) is 17.8 Å². The Hall–Kier alpha value is -2.12. The lowest BCUT2D eigenvalue weighted by Gasteiger charge is -2.60. The van der Waals surface area contributed by atoms with Crippen LogP contribution < -0.4 is 0 Å². The van der Waals surface area contributed by atoms with Crippen LogP contribution in [0.15, 0.2) is 72.8 Å². The highest BCUT2D eigenvalue weighted by atomic mass is 15.2. The average Bonchev–Trinajstić information content (AvgIpc) is 2.73. The molecule has 0 aromatic heterocycles. The van der Waals surface area contributed by atoms with E-state index in [-0.39, 0.29) is 0 Å². The number of nitrogens with zero attached hydrogens (tertiary/aromatic N) is 1. The van der Waals surface area contributed by atoms with Crippen LogP contribution in [0.4, 0.5) is 0 Å². The highest BCUT2D eigenvalue weighted by Gasteiger charge is 2.52. The van der Waals surface area contributed by atoms with Crippen LogP contribution in [0.5, 0.6) is 0 Å². The van der Waals surface area contributed by atoms with Crippen molar-refractivity contribution in [1.82, 2.24) is 4.90 Å². The van der Waals surface area contributed by atoms with E-state index < -0.39 is 0 Å². The molecule has 0 amide bonds. The zero-order valence-electron chi connectivity index (χ0n) is 17.4. The van der Waals surface area contributed by atoms with Crippen molar-refractivity contribution < 1.29 is 0 Å². The van der Waals surface area contributed by atoms with E-state index >= 15 is 0 Å². The first-order valence-corrected chi connectivity index (χ1v) is 11.5. The van der Waals surface area contributed by atoms with E-state index in [4.69, 9.17) is 0 Å². The molecule has 4 saturated carbocycles. The lowest BCUT2D eigenvalue weighted by molar-refractivity contribution is -0.0805. The van der Waals surface area contributed by atoms with Gasteiger partial charge in [-0.05, 0) is 67.4 Å². The van der Waals surface area contributed by atoms with Gasteiger partial charge in [0.15, 0.2) is 0 Å². The number of benzene rings is 2. The minimum atomic E-state index is 0.441. The zero-order valence-corrected chi connectivity index (χ0v) is 17.4. The summed E-state index contributed by atoms with van der Waals surface area (Å²) in [5.41, 5.74) is 3.05. The van der Waals surface area contributed by atoms with E-state index in [2.05, 4.69) is 89.9 Å². The summed E-state index contributed by atoms with van der Waals surface area (Å²) >= 11 is 0. The second-order valence-electron chi connectivity index (χ2n) is 9.67. The van der Waals surface area contributed by atoms with Crippen molar-refractivity contribution in [3.63, 3.8) is 0 Å². The largest absolute Gasteiger partial charge is 0.290 e. The fourth-order valence-electron chi connectivity index (χ4n) is 6.67. The third-order valence-electron chi connectivity index (χ3n) is 7.55. The molecule has 150 valence electrons. The van der Waals surface area contributed by atoms with E-state index in [1.165, 1.54) is 49.7 Å². The standard InChI is InChI=1S/C28H33N/c1-3-9-23(10-4-1)13-7-15-29(16-8-14-24-11-5-2-6-12-24)28-20-25-17-26(21-28)19-27(18-25)22-28/h1-14,25-27H,15-22H2/b13-7+,14-8+. The second-order valence-corrected chi connectivity index (χ2v) is 9.67. The SMILES string of the molecule is C(=C\c1ccccc1)/CN(C/C=C/c1ccccc1)C12CC3CC(CC(C3)C1)C2. The Labute approximate surface area is 176 Å². The molecule has 0 radical (unpaired) electrons. The van der Waals surface area contributed by atoms with Crippen LogP contribution in [0, 0.1) is 17.8 Å². The molecule has 0 heterocycles. The van der Waals surface area contributed by atoms with Crippen LogP contribution in [-0.4, -0.2) is 23.5 Å². The molecule has 4 aliphatic carbocycles. The maximum atomic E-state index is 2.82. The predicted molar refractivity (Wildman–Crippen MR) is 123 cm³/mol. The van der Waals surface area contributed by atoms with Gasteiger partial charge in [-0.3, -0.25) is 4.90 Å². The van der Waals surface area contributed by atoms with Crippen molar-refractivity contribution in [3.05, 3.63) is 83.9 Å².